The van der Waals surface area contributed by atoms with E-state index in [2.05, 4.69) is 30.3 Å². The first-order valence-corrected chi connectivity index (χ1v) is 7.05. The Morgan fingerprint density at radius 3 is 3.00 bits per heavy atom. The van der Waals surface area contributed by atoms with Crippen molar-refractivity contribution in [3.8, 4) is 5.75 Å². The number of para-hydroxylation sites is 2. The van der Waals surface area contributed by atoms with E-state index in [4.69, 9.17) is 9.47 Å². The number of anilines is 1. The minimum absolute atomic E-state index is 0.202. The molecule has 2 aliphatic heterocycles. The molecule has 0 saturated carbocycles. The molecule has 0 aliphatic carbocycles. The Morgan fingerprint density at radius 1 is 1.37 bits per heavy atom. The van der Waals surface area contributed by atoms with E-state index in [-0.39, 0.29) is 6.10 Å². The Kier molecular flexibility index (Phi) is 3.62. The highest BCUT2D eigenvalue weighted by Crippen LogP contribution is 2.28. The van der Waals surface area contributed by atoms with Crippen LogP contribution in [0.25, 0.3) is 0 Å². The second kappa shape index (κ2) is 5.39. The minimum atomic E-state index is 0.202. The summed E-state index contributed by atoms with van der Waals surface area (Å²) in [5.74, 6) is 0.961. The number of nitrogens with zero attached hydrogens (tertiary/aromatic N) is 1. The largest absolute Gasteiger partial charge is 0.485 e. The number of nitrogens with one attached hydrogen (secondary N) is 1. The maximum atomic E-state index is 6.05. The van der Waals surface area contributed by atoms with Crippen molar-refractivity contribution < 1.29 is 9.47 Å². The molecule has 1 aromatic carbocycles. The van der Waals surface area contributed by atoms with Gasteiger partial charge in [0.2, 0.25) is 0 Å². The third kappa shape index (κ3) is 2.69. The Morgan fingerprint density at radius 2 is 2.21 bits per heavy atom. The zero-order valence-electron chi connectivity index (χ0n) is 11.6. The summed E-state index contributed by atoms with van der Waals surface area (Å²) in [6.45, 7) is 4.83. The average molecular weight is 262 g/mol. The summed E-state index contributed by atoms with van der Waals surface area (Å²) < 4.78 is 11.7. The average Bonchev–Trinajstić information content (AvgIpc) is 2.85. The summed E-state index contributed by atoms with van der Waals surface area (Å²) >= 11 is 0. The minimum Gasteiger partial charge on any atom is -0.485 e. The van der Waals surface area contributed by atoms with Crippen molar-refractivity contribution in [2.45, 2.75) is 31.6 Å². The van der Waals surface area contributed by atoms with Gasteiger partial charge in [-0.1, -0.05) is 12.1 Å². The van der Waals surface area contributed by atoms with Crippen LogP contribution in [-0.4, -0.2) is 49.9 Å². The van der Waals surface area contributed by atoms with Crippen LogP contribution in [0.15, 0.2) is 24.3 Å². The van der Waals surface area contributed by atoms with Crippen molar-refractivity contribution in [2.24, 2.45) is 0 Å². The van der Waals surface area contributed by atoms with E-state index in [0.29, 0.717) is 12.1 Å². The number of likely N-dealkylation sites (N-methyl/N-ethyl adjacent to an activating group) is 1. The van der Waals surface area contributed by atoms with Crippen molar-refractivity contribution in [3.63, 3.8) is 0 Å². The maximum Gasteiger partial charge on any atom is 0.142 e. The van der Waals surface area contributed by atoms with Crippen LogP contribution in [0, 0.1) is 0 Å². The second-order valence-corrected chi connectivity index (χ2v) is 5.49. The van der Waals surface area contributed by atoms with Crippen molar-refractivity contribution >= 4 is 5.69 Å². The molecule has 104 valence electrons. The van der Waals surface area contributed by atoms with Crippen LogP contribution in [0.3, 0.4) is 0 Å². The molecule has 3 unspecified atom stereocenters. The summed E-state index contributed by atoms with van der Waals surface area (Å²) in [6.07, 6.45) is 1.65. The summed E-state index contributed by atoms with van der Waals surface area (Å²) in [5, 5.41) is 3.44. The van der Waals surface area contributed by atoms with Gasteiger partial charge in [0.1, 0.15) is 11.9 Å². The summed E-state index contributed by atoms with van der Waals surface area (Å²) in [4.78, 5) is 2.37. The van der Waals surface area contributed by atoms with Crippen molar-refractivity contribution in [3.05, 3.63) is 24.3 Å². The SMILES string of the molecule is CC1OCCC1N(C)CC1CNc2ccccc2O1. The third-order valence-electron chi connectivity index (χ3n) is 4.09. The number of hydrogen-bond acceptors (Lipinski definition) is 4. The van der Waals surface area contributed by atoms with Crippen LogP contribution in [0.4, 0.5) is 5.69 Å². The lowest BCUT2D eigenvalue weighted by atomic mass is 10.1. The standard InChI is InChI=1S/C15H22N2O2/c1-11-14(7-8-18-11)17(2)10-12-9-16-13-5-3-4-6-15(13)19-12/h3-6,11-12,14,16H,7-10H2,1-2H3. The van der Waals surface area contributed by atoms with Gasteiger partial charge in [-0.2, -0.15) is 0 Å². The van der Waals surface area contributed by atoms with E-state index in [1.165, 1.54) is 0 Å². The van der Waals surface area contributed by atoms with Crippen molar-refractivity contribution in [1.29, 1.82) is 0 Å². The molecule has 1 saturated heterocycles. The van der Waals surface area contributed by atoms with Crippen molar-refractivity contribution in [1.82, 2.24) is 4.90 Å². The first-order valence-electron chi connectivity index (χ1n) is 7.05. The highest BCUT2D eigenvalue weighted by molar-refractivity contribution is 5.57. The number of benzene rings is 1. The highest BCUT2D eigenvalue weighted by atomic mass is 16.5. The number of rotatable bonds is 3. The summed E-state index contributed by atoms with van der Waals surface area (Å²) in [5.41, 5.74) is 1.10. The fourth-order valence-electron chi connectivity index (χ4n) is 3.02. The Labute approximate surface area is 114 Å². The number of ether oxygens (including phenoxy) is 2. The first-order chi connectivity index (χ1) is 9.24. The molecule has 0 amide bonds. The first kappa shape index (κ1) is 12.8. The monoisotopic (exact) mass is 262 g/mol. The van der Waals surface area contributed by atoms with Gasteiger partial charge in [0.15, 0.2) is 0 Å². The van der Waals surface area contributed by atoms with Crippen molar-refractivity contribution in [2.75, 3.05) is 32.1 Å². The Bertz CT molecular complexity index is 438. The zero-order valence-corrected chi connectivity index (χ0v) is 11.6. The lowest BCUT2D eigenvalue weighted by Crippen LogP contribution is -2.46. The van der Waals surface area contributed by atoms with Gasteiger partial charge >= 0.3 is 0 Å². The number of fused-ring (bicyclic) bond motifs is 1. The molecule has 2 aliphatic rings. The molecule has 0 aromatic heterocycles. The Hall–Kier alpha value is -1.26. The van der Waals surface area contributed by atoms with Gasteiger partial charge in [-0.05, 0) is 32.5 Å². The zero-order chi connectivity index (χ0) is 13.2. The van der Waals surface area contributed by atoms with Gasteiger partial charge in [-0.3, -0.25) is 4.90 Å². The number of hydrogen-bond donors (Lipinski definition) is 1. The topological polar surface area (TPSA) is 33.7 Å². The highest BCUT2D eigenvalue weighted by Gasteiger charge is 2.30. The van der Waals surface area contributed by atoms with Crippen LogP contribution < -0.4 is 10.1 Å². The van der Waals surface area contributed by atoms with Gasteiger partial charge < -0.3 is 14.8 Å². The smallest absolute Gasteiger partial charge is 0.142 e. The van der Waals surface area contributed by atoms with E-state index in [0.717, 1.165) is 37.6 Å². The molecule has 0 spiro atoms. The lowest BCUT2D eigenvalue weighted by Gasteiger charge is -2.33. The predicted octanol–water partition coefficient (Wildman–Crippen LogP) is 1.97. The fraction of sp³-hybridized carbons (Fsp3) is 0.600. The van der Waals surface area contributed by atoms with Crippen LogP contribution >= 0.6 is 0 Å². The summed E-state index contributed by atoms with van der Waals surface area (Å²) in [6, 6.07) is 8.64. The molecule has 1 aromatic rings. The molecule has 0 bridgehead atoms. The van der Waals surface area contributed by atoms with E-state index < -0.39 is 0 Å². The maximum absolute atomic E-state index is 6.05. The van der Waals surface area contributed by atoms with Gasteiger partial charge in [-0.25, -0.2) is 0 Å². The van der Waals surface area contributed by atoms with Crippen LogP contribution in [0.1, 0.15) is 13.3 Å². The normalized spacial score (nSPS) is 29.7. The van der Waals surface area contributed by atoms with Gasteiger partial charge in [-0.15, -0.1) is 0 Å². The quantitative estimate of drug-likeness (QED) is 0.903. The van der Waals surface area contributed by atoms with Gasteiger partial charge in [0.05, 0.1) is 18.3 Å². The third-order valence-corrected chi connectivity index (χ3v) is 4.09. The van der Waals surface area contributed by atoms with Crippen LogP contribution in [-0.2, 0) is 4.74 Å². The molecule has 1 N–H and O–H groups in total. The van der Waals surface area contributed by atoms with Gasteiger partial charge in [0, 0.05) is 19.2 Å². The molecule has 2 heterocycles. The van der Waals surface area contributed by atoms with E-state index >= 15 is 0 Å². The molecular weight excluding hydrogens is 240 g/mol. The fourth-order valence-corrected chi connectivity index (χ4v) is 3.02. The Balaban J connectivity index is 1.60. The van der Waals surface area contributed by atoms with Gasteiger partial charge in [0.25, 0.3) is 0 Å². The predicted molar refractivity (Wildman–Crippen MR) is 75.8 cm³/mol. The molecular formula is C15H22N2O2. The van der Waals surface area contributed by atoms with E-state index in [1.807, 2.05) is 18.2 Å². The summed E-state index contributed by atoms with van der Waals surface area (Å²) in [7, 11) is 2.17. The van der Waals surface area contributed by atoms with E-state index in [9.17, 15) is 0 Å². The molecule has 4 nitrogen and oxygen atoms in total. The second-order valence-electron chi connectivity index (χ2n) is 5.49. The van der Waals surface area contributed by atoms with Crippen LogP contribution in [0.2, 0.25) is 0 Å². The molecule has 0 radical (unpaired) electrons. The van der Waals surface area contributed by atoms with E-state index in [1.54, 1.807) is 0 Å². The molecule has 4 heteroatoms. The molecule has 1 fully saturated rings. The van der Waals surface area contributed by atoms with Crippen LogP contribution in [0.5, 0.6) is 5.75 Å². The molecule has 19 heavy (non-hydrogen) atoms. The lowest BCUT2D eigenvalue weighted by molar-refractivity contribution is 0.0656. The molecule has 3 atom stereocenters. The molecule has 3 rings (SSSR count).